The number of carbonyl (C=O) groups excluding carboxylic acids is 2. The lowest BCUT2D eigenvalue weighted by atomic mass is 10.0. The summed E-state index contributed by atoms with van der Waals surface area (Å²) in [5, 5.41) is 6.66. The third-order valence-electron chi connectivity index (χ3n) is 3.82. The smallest absolute Gasteiger partial charge is 0.350 e. The van der Waals surface area contributed by atoms with Crippen LogP contribution in [0.3, 0.4) is 0 Å². The molecule has 1 aliphatic heterocycles. The van der Waals surface area contributed by atoms with E-state index in [4.69, 9.17) is 4.74 Å². The molecule has 1 N–H and O–H groups in total. The van der Waals surface area contributed by atoms with Crippen LogP contribution in [0.5, 0.6) is 0 Å². The number of ether oxygens (including phenoxy) is 1. The number of fused-ring (bicyclic) bond motifs is 1. The van der Waals surface area contributed by atoms with Gasteiger partial charge in [0, 0.05) is 11.4 Å². The van der Waals surface area contributed by atoms with Gasteiger partial charge in [-0.15, -0.1) is 22.7 Å². The highest BCUT2D eigenvalue weighted by Gasteiger charge is 2.29. The van der Waals surface area contributed by atoms with Crippen LogP contribution in [0.1, 0.15) is 33.1 Å². The minimum Gasteiger partial charge on any atom is -0.465 e. The highest BCUT2D eigenvalue weighted by molar-refractivity contribution is 7.12. The van der Waals surface area contributed by atoms with Crippen LogP contribution in [0.4, 0.5) is 10.5 Å². The van der Waals surface area contributed by atoms with Crippen LogP contribution in [0, 0.1) is 0 Å². The molecule has 116 valence electrons. The molecule has 0 spiro atoms. The van der Waals surface area contributed by atoms with Gasteiger partial charge in [0.1, 0.15) is 4.88 Å². The lowest BCUT2D eigenvalue weighted by Gasteiger charge is -2.33. The van der Waals surface area contributed by atoms with Crippen molar-refractivity contribution in [3.63, 3.8) is 0 Å². The number of thiophene rings is 2. The monoisotopic (exact) mass is 336 g/mol. The molecule has 2 aromatic rings. The zero-order chi connectivity index (χ0) is 15.7. The van der Waals surface area contributed by atoms with Crippen molar-refractivity contribution in [3.8, 4) is 0 Å². The summed E-state index contributed by atoms with van der Waals surface area (Å²) in [7, 11) is 1.33. The largest absolute Gasteiger partial charge is 0.465 e. The Bertz CT molecular complexity index is 707. The van der Waals surface area contributed by atoms with E-state index in [0.717, 1.165) is 6.42 Å². The summed E-state index contributed by atoms with van der Waals surface area (Å²) in [4.78, 5) is 27.8. The molecule has 0 saturated heterocycles. The number of carbonyl (C=O) groups is 2. The van der Waals surface area contributed by atoms with Crippen LogP contribution in [0.2, 0.25) is 0 Å². The number of anilines is 1. The van der Waals surface area contributed by atoms with Gasteiger partial charge in [0.2, 0.25) is 0 Å². The van der Waals surface area contributed by atoms with Crippen molar-refractivity contribution in [1.82, 2.24) is 4.90 Å². The number of hydrogen-bond donors (Lipinski definition) is 1. The molecule has 2 amide bonds. The standard InChI is InChI=1S/C15H16N2O3S2/c1-9-10-4-7-21-12(10)3-6-17(9)15(19)16-11-5-8-22-13(11)14(18)20-2/h4-5,7-9H,3,6H2,1-2H3,(H,16,19). The topological polar surface area (TPSA) is 58.6 Å². The van der Waals surface area contributed by atoms with Crippen LogP contribution >= 0.6 is 22.7 Å². The number of amides is 2. The van der Waals surface area contributed by atoms with E-state index in [1.807, 2.05) is 6.92 Å². The van der Waals surface area contributed by atoms with Crippen LogP contribution in [0.25, 0.3) is 0 Å². The fourth-order valence-electron chi connectivity index (χ4n) is 2.63. The van der Waals surface area contributed by atoms with E-state index in [9.17, 15) is 9.59 Å². The molecule has 1 unspecified atom stereocenters. The van der Waals surface area contributed by atoms with Gasteiger partial charge in [-0.3, -0.25) is 0 Å². The number of esters is 1. The van der Waals surface area contributed by atoms with Gasteiger partial charge in [0.25, 0.3) is 0 Å². The summed E-state index contributed by atoms with van der Waals surface area (Å²) in [5.41, 5.74) is 1.72. The number of urea groups is 1. The Kier molecular flexibility index (Phi) is 4.17. The third-order valence-corrected chi connectivity index (χ3v) is 5.71. The third kappa shape index (κ3) is 2.62. The molecule has 22 heavy (non-hydrogen) atoms. The van der Waals surface area contributed by atoms with Crippen LogP contribution in [0.15, 0.2) is 22.9 Å². The maximum atomic E-state index is 12.5. The maximum absolute atomic E-state index is 12.5. The van der Waals surface area contributed by atoms with Crippen molar-refractivity contribution in [2.24, 2.45) is 0 Å². The molecule has 0 fully saturated rings. The van der Waals surface area contributed by atoms with Crippen molar-refractivity contribution in [1.29, 1.82) is 0 Å². The van der Waals surface area contributed by atoms with Gasteiger partial charge >= 0.3 is 12.0 Å². The lowest BCUT2D eigenvalue weighted by Crippen LogP contribution is -2.41. The number of nitrogens with one attached hydrogen (secondary N) is 1. The van der Waals surface area contributed by atoms with E-state index in [1.54, 1.807) is 27.7 Å². The molecule has 3 heterocycles. The average molecular weight is 336 g/mol. The lowest BCUT2D eigenvalue weighted by molar-refractivity contribution is 0.0607. The van der Waals surface area contributed by atoms with Gasteiger partial charge in [0.15, 0.2) is 0 Å². The van der Waals surface area contributed by atoms with Crippen LogP contribution in [-0.2, 0) is 11.2 Å². The first-order chi connectivity index (χ1) is 10.6. The molecule has 0 radical (unpaired) electrons. The van der Waals surface area contributed by atoms with Crippen LogP contribution in [-0.4, -0.2) is 30.6 Å². The molecule has 2 aromatic heterocycles. The molecule has 5 nitrogen and oxygen atoms in total. The van der Waals surface area contributed by atoms with Crippen molar-refractivity contribution in [3.05, 3.63) is 38.2 Å². The van der Waals surface area contributed by atoms with Crippen LogP contribution < -0.4 is 5.32 Å². The van der Waals surface area contributed by atoms with Gasteiger partial charge in [0.05, 0.1) is 18.8 Å². The summed E-state index contributed by atoms with van der Waals surface area (Å²) in [6, 6.07) is 3.65. The first-order valence-electron chi connectivity index (χ1n) is 6.91. The number of methoxy groups -OCH3 is 1. The number of rotatable bonds is 2. The molecular formula is C15H16N2O3S2. The van der Waals surface area contributed by atoms with E-state index in [0.29, 0.717) is 17.1 Å². The van der Waals surface area contributed by atoms with Crippen molar-refractivity contribution < 1.29 is 14.3 Å². The Labute approximate surface area is 136 Å². The maximum Gasteiger partial charge on any atom is 0.350 e. The fourth-order valence-corrected chi connectivity index (χ4v) is 4.36. The van der Waals surface area contributed by atoms with Crippen molar-refractivity contribution in [2.45, 2.75) is 19.4 Å². The molecule has 1 aliphatic rings. The Morgan fingerprint density at radius 3 is 2.86 bits per heavy atom. The molecule has 0 aromatic carbocycles. The second kappa shape index (κ2) is 6.10. The molecule has 0 bridgehead atoms. The van der Waals surface area contributed by atoms with E-state index < -0.39 is 5.97 Å². The summed E-state index contributed by atoms with van der Waals surface area (Å²) in [5.74, 6) is -0.433. The van der Waals surface area contributed by atoms with Gasteiger partial charge < -0.3 is 15.0 Å². The zero-order valence-electron chi connectivity index (χ0n) is 12.3. The van der Waals surface area contributed by atoms with Gasteiger partial charge in [-0.2, -0.15) is 0 Å². The second-order valence-electron chi connectivity index (χ2n) is 5.00. The molecule has 7 heteroatoms. The molecule has 3 rings (SSSR count). The SMILES string of the molecule is COC(=O)c1sccc1NC(=O)N1CCc2sccc2C1C. The minimum absolute atomic E-state index is 0.0372. The summed E-state index contributed by atoms with van der Waals surface area (Å²) in [6.45, 7) is 2.71. The van der Waals surface area contributed by atoms with E-state index in [1.165, 1.54) is 28.9 Å². The van der Waals surface area contributed by atoms with Crippen molar-refractivity contribution in [2.75, 3.05) is 19.0 Å². The Hall–Kier alpha value is -1.86. The summed E-state index contributed by atoms with van der Waals surface area (Å²) < 4.78 is 4.73. The molecule has 1 atom stereocenters. The first-order valence-corrected chi connectivity index (χ1v) is 8.67. The van der Waals surface area contributed by atoms with Gasteiger partial charge in [-0.25, -0.2) is 9.59 Å². The predicted molar refractivity (Wildman–Crippen MR) is 87.8 cm³/mol. The second-order valence-corrected chi connectivity index (χ2v) is 6.92. The van der Waals surface area contributed by atoms with E-state index in [-0.39, 0.29) is 12.1 Å². The normalized spacial score (nSPS) is 17.0. The highest BCUT2D eigenvalue weighted by Crippen LogP contribution is 2.33. The molecule has 0 aliphatic carbocycles. The Balaban J connectivity index is 1.76. The van der Waals surface area contributed by atoms with Gasteiger partial charge in [-0.05, 0) is 41.8 Å². The first kappa shape index (κ1) is 15.1. The fraction of sp³-hybridized carbons (Fsp3) is 0.333. The van der Waals surface area contributed by atoms with E-state index in [2.05, 4.69) is 16.8 Å². The number of hydrogen-bond acceptors (Lipinski definition) is 5. The van der Waals surface area contributed by atoms with E-state index >= 15 is 0 Å². The zero-order valence-corrected chi connectivity index (χ0v) is 13.9. The average Bonchev–Trinajstić information content (AvgIpc) is 3.15. The Morgan fingerprint density at radius 2 is 2.09 bits per heavy atom. The molecule has 0 saturated carbocycles. The minimum atomic E-state index is -0.433. The Morgan fingerprint density at radius 1 is 1.32 bits per heavy atom. The number of nitrogens with zero attached hydrogens (tertiary/aromatic N) is 1. The highest BCUT2D eigenvalue weighted by atomic mass is 32.1. The summed E-state index contributed by atoms with van der Waals surface area (Å²) >= 11 is 3.00. The summed E-state index contributed by atoms with van der Waals surface area (Å²) in [6.07, 6.45) is 0.873. The predicted octanol–water partition coefficient (Wildman–Crippen LogP) is 3.75. The van der Waals surface area contributed by atoms with Crippen molar-refractivity contribution >= 4 is 40.4 Å². The molecular weight excluding hydrogens is 320 g/mol. The quantitative estimate of drug-likeness (QED) is 0.850. The van der Waals surface area contributed by atoms with Gasteiger partial charge in [-0.1, -0.05) is 0 Å².